The highest BCUT2D eigenvalue weighted by molar-refractivity contribution is 5.90. The summed E-state index contributed by atoms with van der Waals surface area (Å²) < 4.78 is 1.96. The van der Waals surface area contributed by atoms with Crippen LogP contribution in [0, 0.1) is 0 Å². The first-order chi connectivity index (χ1) is 22.2. The Morgan fingerprint density at radius 3 is 1.58 bits per heavy atom. The average molecular weight is 575 g/mol. The molecule has 4 nitrogen and oxygen atoms in total. The Balaban J connectivity index is 1.19. The van der Waals surface area contributed by atoms with E-state index in [4.69, 9.17) is 15.1 Å². The van der Waals surface area contributed by atoms with Gasteiger partial charge in [-0.05, 0) is 63.3 Å². The molecular weight excluding hydrogens is 548 g/mol. The van der Waals surface area contributed by atoms with Gasteiger partial charge in [0.25, 0.3) is 0 Å². The fraction of sp³-hybridized carbons (Fsp3) is 0. The fourth-order valence-electron chi connectivity index (χ4n) is 6.20. The van der Waals surface area contributed by atoms with Gasteiger partial charge in [0.2, 0.25) is 0 Å². The Hall–Kier alpha value is -6.13. The number of benzene rings is 6. The van der Waals surface area contributed by atoms with Crippen molar-refractivity contribution in [2.45, 2.75) is 0 Å². The molecule has 0 radical (unpaired) electrons. The van der Waals surface area contributed by atoms with Crippen LogP contribution in [0.15, 0.2) is 158 Å². The van der Waals surface area contributed by atoms with Crippen molar-refractivity contribution >= 4 is 37.8 Å². The van der Waals surface area contributed by atoms with E-state index in [-0.39, 0.29) is 0 Å². The largest absolute Gasteiger partial charge is 0.240 e. The van der Waals surface area contributed by atoms with Crippen LogP contribution in [0.5, 0.6) is 0 Å². The number of hydrogen-bond donors (Lipinski definition) is 0. The smallest absolute Gasteiger partial charge is 0.160 e. The molecule has 3 aromatic heterocycles. The molecule has 9 aromatic rings. The zero-order chi connectivity index (χ0) is 29.7. The van der Waals surface area contributed by atoms with E-state index >= 15 is 0 Å². The number of fused-ring (bicyclic) bond motifs is 4. The van der Waals surface area contributed by atoms with Crippen molar-refractivity contribution < 1.29 is 0 Å². The maximum atomic E-state index is 5.15. The second-order valence-electron chi connectivity index (χ2n) is 11.5. The molecule has 3 heterocycles. The Morgan fingerprint density at radius 2 is 0.889 bits per heavy atom. The number of rotatable bonds is 4. The van der Waals surface area contributed by atoms with E-state index < -0.39 is 0 Å². The highest BCUT2D eigenvalue weighted by Crippen LogP contribution is 2.32. The maximum Gasteiger partial charge on any atom is 0.160 e. The van der Waals surface area contributed by atoms with Crippen LogP contribution >= 0.6 is 0 Å². The van der Waals surface area contributed by atoms with Gasteiger partial charge >= 0.3 is 0 Å². The summed E-state index contributed by atoms with van der Waals surface area (Å²) in [5.74, 6) is 0.700. The van der Waals surface area contributed by atoms with Gasteiger partial charge < -0.3 is 0 Å². The van der Waals surface area contributed by atoms with Crippen LogP contribution in [0.25, 0.3) is 83.0 Å². The van der Waals surface area contributed by atoms with Gasteiger partial charge in [0.15, 0.2) is 5.82 Å². The van der Waals surface area contributed by atoms with Crippen molar-refractivity contribution in [1.82, 2.24) is 19.6 Å². The van der Waals surface area contributed by atoms with Crippen molar-refractivity contribution in [3.05, 3.63) is 158 Å². The Kier molecular flexibility index (Phi) is 5.78. The molecule has 0 atom stereocenters. The van der Waals surface area contributed by atoms with E-state index in [0.717, 1.165) is 55.6 Å². The Morgan fingerprint density at radius 1 is 0.356 bits per heavy atom. The van der Waals surface area contributed by atoms with E-state index in [1.807, 2.05) is 4.52 Å². The molecule has 0 N–H and O–H groups in total. The molecule has 0 aliphatic rings. The van der Waals surface area contributed by atoms with Crippen molar-refractivity contribution in [2.24, 2.45) is 0 Å². The fourth-order valence-corrected chi connectivity index (χ4v) is 6.20. The molecule has 0 aliphatic carbocycles. The van der Waals surface area contributed by atoms with Gasteiger partial charge in [0.1, 0.15) is 0 Å². The summed E-state index contributed by atoms with van der Waals surface area (Å²) in [6, 6.07) is 53.1. The second kappa shape index (κ2) is 10.2. The minimum atomic E-state index is 0.700. The summed E-state index contributed by atoms with van der Waals surface area (Å²) in [6.45, 7) is 0. The summed E-state index contributed by atoms with van der Waals surface area (Å²) in [5, 5.41) is 12.1. The molecule has 0 aliphatic heterocycles. The molecule has 0 spiro atoms. The predicted molar refractivity (Wildman–Crippen MR) is 185 cm³/mol. The molecule has 0 saturated heterocycles. The molecule has 210 valence electrons. The quantitative estimate of drug-likeness (QED) is 0.210. The zero-order valence-corrected chi connectivity index (χ0v) is 24.3. The molecule has 0 amide bonds. The average Bonchev–Trinajstić information content (AvgIpc) is 3.53. The van der Waals surface area contributed by atoms with E-state index in [1.165, 1.54) is 21.5 Å². The summed E-state index contributed by atoms with van der Waals surface area (Å²) in [5.41, 5.74) is 7.84. The number of aromatic nitrogens is 4. The Labute approximate surface area is 259 Å². The van der Waals surface area contributed by atoms with Crippen LogP contribution in [0.3, 0.4) is 0 Å². The maximum absolute atomic E-state index is 5.15. The molecule has 45 heavy (non-hydrogen) atoms. The van der Waals surface area contributed by atoms with Gasteiger partial charge in [-0.15, -0.1) is 0 Å². The van der Waals surface area contributed by atoms with Gasteiger partial charge in [-0.25, -0.2) is 14.5 Å². The first kappa shape index (κ1) is 25.4. The molecule has 0 fully saturated rings. The lowest BCUT2D eigenvalue weighted by Gasteiger charge is -2.11. The third-order valence-corrected chi connectivity index (χ3v) is 8.56. The minimum absolute atomic E-state index is 0.700. The van der Waals surface area contributed by atoms with Crippen LogP contribution in [-0.2, 0) is 0 Å². The summed E-state index contributed by atoms with van der Waals surface area (Å²) in [7, 11) is 0. The lowest BCUT2D eigenvalue weighted by atomic mass is 10.0. The topological polar surface area (TPSA) is 43.1 Å². The zero-order valence-electron chi connectivity index (χ0n) is 24.3. The van der Waals surface area contributed by atoms with Crippen LogP contribution in [0.4, 0.5) is 0 Å². The molecule has 0 unspecified atom stereocenters. The van der Waals surface area contributed by atoms with Crippen LogP contribution < -0.4 is 0 Å². The first-order valence-corrected chi connectivity index (χ1v) is 15.1. The van der Waals surface area contributed by atoms with Crippen LogP contribution in [-0.4, -0.2) is 19.6 Å². The predicted octanol–water partition coefficient (Wildman–Crippen LogP) is 10.3. The Bertz CT molecular complexity index is 2410. The van der Waals surface area contributed by atoms with Gasteiger partial charge in [-0.1, -0.05) is 115 Å². The standard InChI is InChI=1S/C41H26N4/c1-3-10-29-20-34(18-16-27(29)8-1)39-25-38(42-41(43-39)35-19-17-28-9-2-4-11-30(28)21-35)32-14-7-15-33(22-32)40-24-37-23-31-12-5-6-13-36(31)26-45(37)44-40/h1-26H. The van der Waals surface area contributed by atoms with E-state index in [1.54, 1.807) is 0 Å². The van der Waals surface area contributed by atoms with Gasteiger partial charge in [0.05, 0.1) is 22.6 Å². The van der Waals surface area contributed by atoms with E-state index in [0.29, 0.717) is 5.82 Å². The highest BCUT2D eigenvalue weighted by atomic mass is 15.2. The molecule has 4 heteroatoms. The SMILES string of the molecule is c1cc(-c2cc(-c3ccc4ccccc4c3)nc(-c3ccc4ccccc4c3)n2)cc(-c2cc3cc4ccccc4cn3n2)c1. The van der Waals surface area contributed by atoms with Gasteiger partial charge in [-0.2, -0.15) is 5.10 Å². The number of hydrogen-bond acceptors (Lipinski definition) is 3. The summed E-state index contributed by atoms with van der Waals surface area (Å²) >= 11 is 0. The second-order valence-corrected chi connectivity index (χ2v) is 11.5. The minimum Gasteiger partial charge on any atom is -0.240 e. The molecule has 6 aromatic carbocycles. The van der Waals surface area contributed by atoms with Crippen LogP contribution in [0.2, 0.25) is 0 Å². The normalized spacial score (nSPS) is 11.6. The number of nitrogens with zero attached hydrogens (tertiary/aromatic N) is 4. The van der Waals surface area contributed by atoms with Crippen molar-refractivity contribution in [1.29, 1.82) is 0 Å². The summed E-state index contributed by atoms with van der Waals surface area (Å²) in [4.78, 5) is 10.3. The molecular formula is C41H26N4. The monoisotopic (exact) mass is 574 g/mol. The highest BCUT2D eigenvalue weighted by Gasteiger charge is 2.14. The van der Waals surface area contributed by atoms with Crippen molar-refractivity contribution in [2.75, 3.05) is 0 Å². The first-order valence-electron chi connectivity index (χ1n) is 15.1. The lowest BCUT2D eigenvalue weighted by molar-refractivity contribution is 0.974. The van der Waals surface area contributed by atoms with Crippen molar-refractivity contribution in [3.8, 4) is 45.2 Å². The van der Waals surface area contributed by atoms with Crippen molar-refractivity contribution in [3.63, 3.8) is 0 Å². The third kappa shape index (κ3) is 4.60. The van der Waals surface area contributed by atoms with Gasteiger partial charge in [-0.3, -0.25) is 0 Å². The number of pyridine rings is 1. The molecule has 9 rings (SSSR count). The van der Waals surface area contributed by atoms with E-state index in [2.05, 4.69) is 158 Å². The third-order valence-electron chi connectivity index (χ3n) is 8.56. The summed E-state index contributed by atoms with van der Waals surface area (Å²) in [6.07, 6.45) is 2.09. The van der Waals surface area contributed by atoms with Gasteiger partial charge in [0, 0.05) is 33.8 Å². The molecule has 0 saturated carbocycles. The van der Waals surface area contributed by atoms with Crippen LogP contribution in [0.1, 0.15) is 0 Å². The molecule has 0 bridgehead atoms. The lowest BCUT2D eigenvalue weighted by Crippen LogP contribution is -1.96. The van der Waals surface area contributed by atoms with E-state index in [9.17, 15) is 0 Å².